The minimum atomic E-state index is -0.474. The molecule has 3 atom stereocenters. The second-order valence-corrected chi connectivity index (χ2v) is 6.17. The predicted octanol–water partition coefficient (Wildman–Crippen LogP) is 2.47. The minimum absolute atomic E-state index is 0.388. The number of hydrogen-bond donors (Lipinski definition) is 1. The first-order valence-electron chi connectivity index (χ1n) is 7.63. The third-order valence-electron chi connectivity index (χ3n) is 5.25. The van der Waals surface area contributed by atoms with Crippen LogP contribution in [0.5, 0.6) is 5.75 Å². The fourth-order valence-corrected chi connectivity index (χ4v) is 4.06. The van der Waals surface area contributed by atoms with Crippen molar-refractivity contribution in [2.45, 2.75) is 38.2 Å². The maximum absolute atomic E-state index is 10.9. The Morgan fingerprint density at radius 1 is 1.50 bits per heavy atom. The number of anilines is 1. The zero-order valence-electron chi connectivity index (χ0n) is 12.4. The largest absolute Gasteiger partial charge is 0.493 e. The highest BCUT2D eigenvalue weighted by Gasteiger charge is 2.48. The number of hydrogen-bond acceptors (Lipinski definition) is 4. The highest BCUT2D eigenvalue weighted by Crippen LogP contribution is 2.46. The molecule has 1 aliphatic heterocycles. The number of aliphatic hydroxyl groups is 1. The van der Waals surface area contributed by atoms with E-state index in [2.05, 4.69) is 16.8 Å². The van der Waals surface area contributed by atoms with Crippen molar-refractivity contribution >= 4 is 5.69 Å². The molecule has 1 aliphatic carbocycles. The number of ether oxygens (including phenoxy) is 1. The highest BCUT2D eigenvalue weighted by atomic mass is 16.5. The van der Waals surface area contributed by atoms with E-state index >= 15 is 0 Å². The molecule has 1 saturated heterocycles. The molecule has 1 saturated carbocycles. The molecule has 1 N–H and O–H groups in total. The van der Waals surface area contributed by atoms with Crippen LogP contribution in [0.1, 0.15) is 32.6 Å². The molecule has 2 fully saturated rings. The molecule has 2 aliphatic rings. The van der Waals surface area contributed by atoms with Crippen molar-refractivity contribution in [3.05, 3.63) is 18.5 Å². The van der Waals surface area contributed by atoms with Crippen LogP contribution >= 0.6 is 0 Å². The highest BCUT2D eigenvalue weighted by molar-refractivity contribution is 5.58. The molecule has 20 heavy (non-hydrogen) atoms. The number of pyridine rings is 1. The Labute approximate surface area is 120 Å². The first-order valence-corrected chi connectivity index (χ1v) is 7.63. The van der Waals surface area contributed by atoms with Crippen LogP contribution in [-0.2, 0) is 0 Å². The minimum Gasteiger partial charge on any atom is -0.493 e. The zero-order valence-corrected chi connectivity index (χ0v) is 12.4. The van der Waals surface area contributed by atoms with Crippen LogP contribution in [-0.4, -0.2) is 35.9 Å². The van der Waals surface area contributed by atoms with E-state index in [9.17, 15) is 5.11 Å². The van der Waals surface area contributed by atoms with Gasteiger partial charge in [-0.15, -0.1) is 0 Å². The molecule has 0 radical (unpaired) electrons. The van der Waals surface area contributed by atoms with Crippen LogP contribution in [0.3, 0.4) is 0 Å². The Morgan fingerprint density at radius 2 is 2.35 bits per heavy atom. The molecule has 1 aromatic heterocycles. The third-order valence-corrected chi connectivity index (χ3v) is 5.25. The summed E-state index contributed by atoms with van der Waals surface area (Å²) in [6.07, 6.45) is 7.76. The summed E-state index contributed by atoms with van der Waals surface area (Å²) in [5.74, 6) is 1.82. The van der Waals surface area contributed by atoms with Crippen molar-refractivity contribution in [1.82, 2.24) is 4.98 Å². The zero-order chi connectivity index (χ0) is 14.2. The first kappa shape index (κ1) is 13.7. The van der Waals surface area contributed by atoms with Crippen molar-refractivity contribution in [2.75, 3.05) is 25.1 Å². The van der Waals surface area contributed by atoms with Gasteiger partial charge in [0.1, 0.15) is 0 Å². The van der Waals surface area contributed by atoms with Gasteiger partial charge in [-0.05, 0) is 31.2 Å². The molecule has 4 nitrogen and oxygen atoms in total. The molecule has 3 rings (SSSR count). The fourth-order valence-electron chi connectivity index (χ4n) is 4.06. The molecule has 0 amide bonds. The number of rotatable bonds is 3. The van der Waals surface area contributed by atoms with E-state index in [1.807, 2.05) is 12.3 Å². The van der Waals surface area contributed by atoms with Crippen LogP contribution in [0.25, 0.3) is 0 Å². The number of methoxy groups -OCH3 is 1. The lowest BCUT2D eigenvalue weighted by Crippen LogP contribution is -2.44. The predicted molar refractivity (Wildman–Crippen MR) is 79.1 cm³/mol. The average molecular weight is 276 g/mol. The maximum atomic E-state index is 10.9. The number of aromatic nitrogens is 1. The van der Waals surface area contributed by atoms with Crippen LogP contribution in [0.2, 0.25) is 0 Å². The lowest BCUT2D eigenvalue weighted by Gasteiger charge is -2.40. The Morgan fingerprint density at radius 3 is 3.10 bits per heavy atom. The summed E-state index contributed by atoms with van der Waals surface area (Å²) in [7, 11) is 1.69. The molecule has 0 unspecified atom stereocenters. The molecule has 0 bridgehead atoms. The topological polar surface area (TPSA) is 45.6 Å². The van der Waals surface area contributed by atoms with E-state index in [4.69, 9.17) is 4.74 Å². The summed E-state index contributed by atoms with van der Waals surface area (Å²) in [6.45, 7) is 4.06. The Balaban J connectivity index is 1.85. The third kappa shape index (κ3) is 2.16. The van der Waals surface area contributed by atoms with Crippen LogP contribution in [0, 0.1) is 11.8 Å². The normalized spacial score (nSPS) is 33.0. The van der Waals surface area contributed by atoms with Gasteiger partial charge < -0.3 is 14.7 Å². The van der Waals surface area contributed by atoms with Crippen molar-refractivity contribution in [1.29, 1.82) is 0 Å². The van der Waals surface area contributed by atoms with E-state index in [1.165, 1.54) is 6.42 Å². The lowest BCUT2D eigenvalue weighted by molar-refractivity contribution is -0.0597. The van der Waals surface area contributed by atoms with Gasteiger partial charge in [-0.2, -0.15) is 0 Å². The second kappa shape index (κ2) is 5.24. The summed E-state index contributed by atoms with van der Waals surface area (Å²) in [6, 6.07) is 2.02. The summed E-state index contributed by atoms with van der Waals surface area (Å²) in [5, 5.41) is 10.9. The number of nitrogens with zero attached hydrogens (tertiary/aromatic N) is 2. The van der Waals surface area contributed by atoms with Crippen molar-refractivity contribution < 1.29 is 9.84 Å². The molecule has 110 valence electrons. The van der Waals surface area contributed by atoms with Crippen LogP contribution < -0.4 is 9.64 Å². The van der Waals surface area contributed by atoms with E-state index < -0.39 is 5.60 Å². The van der Waals surface area contributed by atoms with Crippen LogP contribution in [0.15, 0.2) is 18.5 Å². The number of fused-ring (bicyclic) bond motifs is 1. The summed E-state index contributed by atoms with van der Waals surface area (Å²) in [4.78, 5) is 6.48. The van der Waals surface area contributed by atoms with Crippen molar-refractivity contribution in [2.24, 2.45) is 11.8 Å². The van der Waals surface area contributed by atoms with Crippen molar-refractivity contribution in [3.63, 3.8) is 0 Å². The van der Waals surface area contributed by atoms with Crippen LogP contribution in [0.4, 0.5) is 5.69 Å². The summed E-state index contributed by atoms with van der Waals surface area (Å²) >= 11 is 0. The first-order chi connectivity index (χ1) is 9.68. The van der Waals surface area contributed by atoms with Gasteiger partial charge >= 0.3 is 0 Å². The van der Waals surface area contributed by atoms with E-state index in [1.54, 1.807) is 13.3 Å². The molecule has 0 spiro atoms. The lowest BCUT2D eigenvalue weighted by atomic mass is 9.69. The van der Waals surface area contributed by atoms with E-state index in [0.29, 0.717) is 11.8 Å². The molecule has 0 aromatic carbocycles. The van der Waals surface area contributed by atoms with Gasteiger partial charge in [0, 0.05) is 25.2 Å². The SMILES string of the molecule is CC[C@]1(O)CCC[C@H]2CN(c3ccncc3OC)C[C@H]21. The molecule has 2 heterocycles. The van der Waals surface area contributed by atoms with E-state index in [-0.39, 0.29) is 0 Å². The maximum Gasteiger partial charge on any atom is 0.160 e. The summed E-state index contributed by atoms with van der Waals surface area (Å²) in [5.41, 5.74) is 0.633. The molecule has 4 heteroatoms. The Bertz CT molecular complexity index is 479. The second-order valence-electron chi connectivity index (χ2n) is 6.17. The fraction of sp³-hybridized carbons (Fsp3) is 0.688. The Hall–Kier alpha value is -1.29. The monoisotopic (exact) mass is 276 g/mol. The van der Waals surface area contributed by atoms with Gasteiger partial charge in [-0.3, -0.25) is 4.98 Å². The smallest absolute Gasteiger partial charge is 0.160 e. The van der Waals surface area contributed by atoms with Crippen molar-refractivity contribution in [3.8, 4) is 5.75 Å². The summed E-state index contributed by atoms with van der Waals surface area (Å²) < 4.78 is 5.42. The van der Waals surface area contributed by atoms with Gasteiger partial charge in [0.2, 0.25) is 0 Å². The molecule has 1 aromatic rings. The quantitative estimate of drug-likeness (QED) is 0.921. The van der Waals surface area contributed by atoms with Gasteiger partial charge in [-0.25, -0.2) is 0 Å². The van der Waals surface area contributed by atoms with E-state index in [0.717, 1.165) is 43.8 Å². The average Bonchev–Trinajstić information content (AvgIpc) is 2.93. The molecular formula is C16H24N2O2. The van der Waals surface area contributed by atoms with Gasteiger partial charge in [0.15, 0.2) is 5.75 Å². The standard InChI is InChI=1S/C16H24N2O2/c1-3-16(19)7-4-5-12-10-18(11-13(12)16)14-6-8-17-9-15(14)20-2/h6,8-9,12-13,19H,3-5,7,10-11H2,1-2H3/t12-,13+,16-/m0/s1. The van der Waals surface area contributed by atoms with Gasteiger partial charge in [-0.1, -0.05) is 13.3 Å². The van der Waals surface area contributed by atoms with Gasteiger partial charge in [0.25, 0.3) is 0 Å². The van der Waals surface area contributed by atoms with Gasteiger partial charge in [0.05, 0.1) is 24.6 Å². The Kier molecular flexibility index (Phi) is 3.59. The molecular weight excluding hydrogens is 252 g/mol.